The molecule has 1 aliphatic carbocycles. The third kappa shape index (κ3) is 3.21. The lowest BCUT2D eigenvalue weighted by atomic mass is 9.82. The van der Waals surface area contributed by atoms with Gasteiger partial charge in [-0.1, -0.05) is 25.3 Å². The summed E-state index contributed by atoms with van der Waals surface area (Å²) in [4.78, 5) is 4.18. The van der Waals surface area contributed by atoms with E-state index in [1.807, 2.05) is 18.3 Å². The molecule has 0 radical (unpaired) electrons. The molecule has 1 fully saturated rings. The third-order valence-corrected chi connectivity index (χ3v) is 3.79. The molecule has 100 valence electrons. The van der Waals surface area contributed by atoms with Gasteiger partial charge in [0.2, 0.25) is 5.88 Å². The zero-order chi connectivity index (χ0) is 12.8. The van der Waals surface area contributed by atoms with Crippen LogP contribution >= 0.6 is 0 Å². The number of aromatic nitrogens is 1. The van der Waals surface area contributed by atoms with Crippen LogP contribution in [0.5, 0.6) is 5.88 Å². The molecule has 0 unspecified atom stereocenters. The van der Waals surface area contributed by atoms with Gasteiger partial charge in [-0.05, 0) is 18.4 Å². The predicted octanol–water partition coefficient (Wildman–Crippen LogP) is 1.87. The minimum atomic E-state index is -0.0851. The van der Waals surface area contributed by atoms with Crippen molar-refractivity contribution in [2.45, 2.75) is 44.2 Å². The number of nitrogens with zero attached hydrogens (tertiary/aromatic N) is 1. The summed E-state index contributed by atoms with van der Waals surface area (Å²) in [7, 11) is 1.61. The Bertz CT molecular complexity index is 359. The van der Waals surface area contributed by atoms with E-state index in [9.17, 15) is 5.11 Å². The normalized spacial score (nSPS) is 18.6. The summed E-state index contributed by atoms with van der Waals surface area (Å²) >= 11 is 0. The molecule has 2 rings (SSSR count). The Kier molecular flexibility index (Phi) is 4.55. The molecule has 0 bridgehead atoms. The van der Waals surface area contributed by atoms with Crippen LogP contribution in [0.4, 0.5) is 0 Å². The van der Waals surface area contributed by atoms with E-state index >= 15 is 0 Å². The van der Waals surface area contributed by atoms with Gasteiger partial charge in [-0.15, -0.1) is 0 Å². The molecular formula is C14H22N2O2. The molecule has 1 heterocycles. The zero-order valence-electron chi connectivity index (χ0n) is 11.0. The number of rotatable bonds is 5. The highest BCUT2D eigenvalue weighted by molar-refractivity contribution is 5.17. The maximum atomic E-state index is 9.60. The van der Waals surface area contributed by atoms with Crippen molar-refractivity contribution < 1.29 is 9.84 Å². The van der Waals surface area contributed by atoms with E-state index in [4.69, 9.17) is 4.74 Å². The zero-order valence-corrected chi connectivity index (χ0v) is 11.0. The number of nitrogens with one attached hydrogen (secondary N) is 1. The van der Waals surface area contributed by atoms with Crippen molar-refractivity contribution in [3.8, 4) is 5.88 Å². The Balaban J connectivity index is 1.92. The van der Waals surface area contributed by atoms with Crippen LogP contribution < -0.4 is 10.1 Å². The monoisotopic (exact) mass is 250 g/mol. The van der Waals surface area contributed by atoms with Gasteiger partial charge in [-0.25, -0.2) is 4.98 Å². The first-order chi connectivity index (χ1) is 8.78. The summed E-state index contributed by atoms with van der Waals surface area (Å²) in [6, 6.07) is 3.87. The molecule has 0 aromatic carbocycles. The number of aliphatic hydroxyl groups excluding tert-OH is 1. The Morgan fingerprint density at radius 1 is 1.33 bits per heavy atom. The summed E-state index contributed by atoms with van der Waals surface area (Å²) in [6.45, 7) is 0.966. The van der Waals surface area contributed by atoms with Gasteiger partial charge in [0.05, 0.1) is 13.7 Å². The molecule has 1 saturated carbocycles. The maximum Gasteiger partial charge on any atom is 0.212 e. The summed E-state index contributed by atoms with van der Waals surface area (Å²) in [5.41, 5.74) is 1.03. The van der Waals surface area contributed by atoms with E-state index in [1.54, 1.807) is 7.11 Å². The second-order valence-electron chi connectivity index (χ2n) is 5.06. The van der Waals surface area contributed by atoms with Crippen molar-refractivity contribution in [3.05, 3.63) is 23.9 Å². The SMILES string of the molecule is COc1ccc(CNC2(CO)CCCCC2)cn1. The van der Waals surface area contributed by atoms with E-state index in [-0.39, 0.29) is 12.1 Å². The minimum absolute atomic E-state index is 0.0851. The lowest BCUT2D eigenvalue weighted by Crippen LogP contribution is -2.49. The smallest absolute Gasteiger partial charge is 0.212 e. The third-order valence-electron chi connectivity index (χ3n) is 3.79. The van der Waals surface area contributed by atoms with Crippen LogP contribution in [0.1, 0.15) is 37.7 Å². The molecule has 2 N–H and O–H groups in total. The molecule has 1 aromatic rings. The van der Waals surface area contributed by atoms with E-state index in [0.29, 0.717) is 5.88 Å². The number of ether oxygens (including phenoxy) is 1. The first-order valence-corrected chi connectivity index (χ1v) is 6.63. The minimum Gasteiger partial charge on any atom is -0.481 e. The van der Waals surface area contributed by atoms with Crippen molar-refractivity contribution in [3.63, 3.8) is 0 Å². The van der Waals surface area contributed by atoms with Crippen molar-refractivity contribution >= 4 is 0 Å². The van der Waals surface area contributed by atoms with Crippen molar-refractivity contribution in [2.24, 2.45) is 0 Å². The molecule has 0 spiro atoms. The number of hydrogen-bond acceptors (Lipinski definition) is 4. The molecule has 4 heteroatoms. The molecule has 0 saturated heterocycles. The lowest BCUT2D eigenvalue weighted by molar-refractivity contribution is 0.119. The summed E-state index contributed by atoms with van der Waals surface area (Å²) in [5.74, 6) is 0.633. The van der Waals surface area contributed by atoms with Gasteiger partial charge in [0, 0.05) is 24.3 Å². The van der Waals surface area contributed by atoms with E-state index in [0.717, 1.165) is 24.9 Å². The van der Waals surface area contributed by atoms with Crippen molar-refractivity contribution in [2.75, 3.05) is 13.7 Å². The lowest BCUT2D eigenvalue weighted by Gasteiger charge is -2.36. The van der Waals surface area contributed by atoms with Crippen LogP contribution in [-0.4, -0.2) is 29.3 Å². The predicted molar refractivity (Wildman–Crippen MR) is 70.5 cm³/mol. The largest absolute Gasteiger partial charge is 0.481 e. The fourth-order valence-electron chi connectivity index (χ4n) is 2.55. The van der Waals surface area contributed by atoms with Gasteiger partial charge in [0.25, 0.3) is 0 Å². The quantitative estimate of drug-likeness (QED) is 0.837. The van der Waals surface area contributed by atoms with Crippen LogP contribution in [0, 0.1) is 0 Å². The Hall–Kier alpha value is -1.13. The topological polar surface area (TPSA) is 54.4 Å². The standard InChI is InChI=1S/C14H22N2O2/c1-18-13-6-5-12(9-15-13)10-16-14(11-17)7-3-2-4-8-14/h5-6,9,16-17H,2-4,7-8,10-11H2,1H3. The Morgan fingerprint density at radius 3 is 2.67 bits per heavy atom. The highest BCUT2D eigenvalue weighted by atomic mass is 16.5. The van der Waals surface area contributed by atoms with Crippen molar-refractivity contribution in [1.82, 2.24) is 10.3 Å². The average Bonchev–Trinajstić information content (AvgIpc) is 2.47. The van der Waals surface area contributed by atoms with E-state index in [1.165, 1.54) is 19.3 Å². The van der Waals surface area contributed by atoms with Crippen LogP contribution in [-0.2, 0) is 6.54 Å². The molecule has 1 aromatic heterocycles. The number of hydrogen-bond donors (Lipinski definition) is 2. The molecule has 0 aliphatic heterocycles. The van der Waals surface area contributed by atoms with Gasteiger partial charge in [0.1, 0.15) is 0 Å². The molecule has 1 aliphatic rings. The van der Waals surface area contributed by atoms with Gasteiger partial charge in [-0.2, -0.15) is 0 Å². The fourth-order valence-corrected chi connectivity index (χ4v) is 2.55. The molecule has 18 heavy (non-hydrogen) atoms. The van der Waals surface area contributed by atoms with Gasteiger partial charge in [0.15, 0.2) is 0 Å². The second kappa shape index (κ2) is 6.16. The van der Waals surface area contributed by atoms with E-state index < -0.39 is 0 Å². The Morgan fingerprint density at radius 2 is 2.11 bits per heavy atom. The van der Waals surface area contributed by atoms with Crippen molar-refractivity contribution in [1.29, 1.82) is 0 Å². The molecular weight excluding hydrogens is 228 g/mol. The molecule has 0 amide bonds. The first-order valence-electron chi connectivity index (χ1n) is 6.63. The van der Waals surface area contributed by atoms with E-state index in [2.05, 4.69) is 10.3 Å². The highest BCUT2D eigenvalue weighted by Gasteiger charge is 2.30. The number of pyridine rings is 1. The summed E-state index contributed by atoms with van der Waals surface area (Å²) < 4.78 is 5.03. The van der Waals surface area contributed by atoms with Gasteiger partial charge in [-0.3, -0.25) is 0 Å². The van der Waals surface area contributed by atoms with Crippen LogP contribution in [0.2, 0.25) is 0 Å². The number of aliphatic hydroxyl groups is 1. The van der Waals surface area contributed by atoms with Gasteiger partial charge >= 0.3 is 0 Å². The maximum absolute atomic E-state index is 9.60. The van der Waals surface area contributed by atoms with Crippen LogP contribution in [0.3, 0.4) is 0 Å². The second-order valence-corrected chi connectivity index (χ2v) is 5.06. The first kappa shape index (κ1) is 13.3. The van der Waals surface area contributed by atoms with Crippen LogP contribution in [0.25, 0.3) is 0 Å². The molecule has 4 nitrogen and oxygen atoms in total. The number of methoxy groups -OCH3 is 1. The summed E-state index contributed by atoms with van der Waals surface area (Å²) in [6.07, 6.45) is 7.64. The highest BCUT2D eigenvalue weighted by Crippen LogP contribution is 2.28. The molecule has 0 atom stereocenters. The van der Waals surface area contributed by atoms with Gasteiger partial charge < -0.3 is 15.2 Å². The van der Waals surface area contributed by atoms with Crippen LogP contribution in [0.15, 0.2) is 18.3 Å². The fraction of sp³-hybridized carbons (Fsp3) is 0.643. The summed E-state index contributed by atoms with van der Waals surface area (Å²) in [5, 5.41) is 13.1. The Labute approximate surface area is 108 Å². The average molecular weight is 250 g/mol.